The molecule has 1 fully saturated rings. The van der Waals surface area contributed by atoms with E-state index in [9.17, 15) is 31.1 Å². The largest absolute Gasteiger partial charge is 0.464 e. The van der Waals surface area contributed by atoms with Crippen LogP contribution in [0.5, 0.6) is 5.75 Å². The zero-order chi connectivity index (χ0) is 24.0. The van der Waals surface area contributed by atoms with Gasteiger partial charge >= 0.3 is 18.1 Å². The van der Waals surface area contributed by atoms with Crippen LogP contribution in [0, 0.1) is 10.8 Å². The van der Waals surface area contributed by atoms with Crippen molar-refractivity contribution in [3.05, 3.63) is 24.3 Å². The third kappa shape index (κ3) is 4.48. The molecule has 0 aliphatic carbocycles. The van der Waals surface area contributed by atoms with E-state index in [4.69, 9.17) is 9.47 Å². The van der Waals surface area contributed by atoms with E-state index >= 15 is 0 Å². The summed E-state index contributed by atoms with van der Waals surface area (Å²) in [5, 5.41) is 0. The first kappa shape index (κ1) is 25.3. The number of alkyl halides is 6. The molecule has 0 spiro atoms. The van der Waals surface area contributed by atoms with Gasteiger partial charge in [0.2, 0.25) is 12.2 Å². The highest BCUT2D eigenvalue weighted by Gasteiger charge is 2.79. The first-order valence-electron chi connectivity index (χ1n) is 9.30. The SMILES string of the molecule is COC(Oc1ccc(N2C(=O)C(C)(C)COC2(C(F)(F)F)C(F)(F)F)cc1)C(C)(C)C. The predicted octanol–water partition coefficient (Wildman–Crippen LogP) is 5.29. The molecule has 1 aliphatic rings. The molecule has 0 bridgehead atoms. The van der Waals surface area contributed by atoms with Gasteiger partial charge in [0.05, 0.1) is 12.0 Å². The van der Waals surface area contributed by atoms with Crippen LogP contribution in [0.15, 0.2) is 24.3 Å². The van der Waals surface area contributed by atoms with Gasteiger partial charge in [-0.25, -0.2) is 0 Å². The highest BCUT2D eigenvalue weighted by Crippen LogP contribution is 2.53. The number of anilines is 1. The van der Waals surface area contributed by atoms with Crippen molar-refractivity contribution in [1.82, 2.24) is 0 Å². The number of carbonyl (C=O) groups is 1. The van der Waals surface area contributed by atoms with E-state index < -0.39 is 53.4 Å². The van der Waals surface area contributed by atoms with E-state index in [1.54, 1.807) is 0 Å². The molecular formula is C20H25F6NO4. The Kier molecular flexibility index (Phi) is 6.39. The Bertz CT molecular complexity index is 782. The fourth-order valence-electron chi connectivity index (χ4n) is 3.11. The molecule has 5 nitrogen and oxygen atoms in total. The summed E-state index contributed by atoms with van der Waals surface area (Å²) in [5.74, 6) is -1.23. The Morgan fingerprint density at radius 2 is 1.48 bits per heavy atom. The number of ether oxygens (including phenoxy) is 3. The molecule has 0 radical (unpaired) electrons. The zero-order valence-electron chi connectivity index (χ0n) is 17.9. The Labute approximate surface area is 176 Å². The minimum absolute atomic E-state index is 0.139. The maximum Gasteiger partial charge on any atom is 0.447 e. The number of hydrogen-bond donors (Lipinski definition) is 0. The standard InChI is InChI=1S/C20H25F6NO4/c1-16(2,3)15(29-6)31-13-9-7-12(8-10-13)27-14(28)17(4,5)11-30-18(27,19(21,22)23)20(24,25)26/h7-10,15H,11H2,1-6H3. The van der Waals surface area contributed by atoms with Crippen LogP contribution in [-0.4, -0.2) is 44.0 Å². The van der Waals surface area contributed by atoms with Crippen LogP contribution in [0.1, 0.15) is 34.6 Å². The van der Waals surface area contributed by atoms with Crippen molar-refractivity contribution in [2.24, 2.45) is 10.8 Å². The number of amides is 1. The van der Waals surface area contributed by atoms with Crippen LogP contribution in [-0.2, 0) is 14.3 Å². The van der Waals surface area contributed by atoms with Crippen LogP contribution < -0.4 is 9.64 Å². The number of halogens is 6. The summed E-state index contributed by atoms with van der Waals surface area (Å²) in [5.41, 5.74) is -7.52. The molecule has 0 saturated carbocycles. The summed E-state index contributed by atoms with van der Waals surface area (Å²) in [4.78, 5) is 12.4. The summed E-state index contributed by atoms with van der Waals surface area (Å²) in [6.07, 6.45) is -12.6. The fourth-order valence-corrected chi connectivity index (χ4v) is 3.11. The molecule has 1 unspecified atom stereocenters. The van der Waals surface area contributed by atoms with Gasteiger partial charge in [0, 0.05) is 18.2 Å². The molecule has 176 valence electrons. The van der Waals surface area contributed by atoms with Crippen molar-refractivity contribution >= 4 is 11.6 Å². The molecule has 0 aromatic heterocycles. The van der Waals surface area contributed by atoms with Gasteiger partial charge in [-0.15, -0.1) is 0 Å². The van der Waals surface area contributed by atoms with Crippen LogP contribution in [0.4, 0.5) is 32.0 Å². The third-order valence-electron chi connectivity index (χ3n) is 4.77. The number of rotatable bonds is 4. The van der Waals surface area contributed by atoms with Gasteiger partial charge in [-0.3, -0.25) is 9.69 Å². The van der Waals surface area contributed by atoms with Crippen molar-refractivity contribution < 1.29 is 45.3 Å². The second kappa shape index (κ2) is 7.84. The lowest BCUT2D eigenvalue weighted by atomic mass is 9.88. The second-order valence-electron chi connectivity index (χ2n) is 9.00. The van der Waals surface area contributed by atoms with Crippen LogP contribution in [0.2, 0.25) is 0 Å². The number of methoxy groups -OCH3 is 1. The van der Waals surface area contributed by atoms with Crippen molar-refractivity contribution in [1.29, 1.82) is 0 Å². The third-order valence-corrected chi connectivity index (χ3v) is 4.77. The summed E-state index contributed by atoms with van der Waals surface area (Å²) in [7, 11) is 1.40. The maximum absolute atomic E-state index is 13.8. The lowest BCUT2D eigenvalue weighted by Gasteiger charge is -2.51. The normalized spacial score (nSPS) is 20.5. The Morgan fingerprint density at radius 1 is 1.00 bits per heavy atom. The monoisotopic (exact) mass is 457 g/mol. The van der Waals surface area contributed by atoms with Gasteiger partial charge < -0.3 is 14.2 Å². The van der Waals surface area contributed by atoms with E-state index in [-0.39, 0.29) is 10.6 Å². The Morgan fingerprint density at radius 3 is 1.87 bits per heavy atom. The van der Waals surface area contributed by atoms with E-state index in [0.29, 0.717) is 0 Å². The molecule has 0 N–H and O–H groups in total. The number of carbonyl (C=O) groups excluding carboxylic acids is 1. The smallest absolute Gasteiger partial charge is 0.447 e. The topological polar surface area (TPSA) is 48.0 Å². The van der Waals surface area contributed by atoms with Gasteiger partial charge in [0.15, 0.2) is 0 Å². The molecule has 1 aromatic rings. The van der Waals surface area contributed by atoms with Crippen LogP contribution in [0.25, 0.3) is 0 Å². The number of benzene rings is 1. The average molecular weight is 457 g/mol. The quantitative estimate of drug-likeness (QED) is 0.455. The Balaban J connectivity index is 2.56. The first-order valence-corrected chi connectivity index (χ1v) is 9.30. The van der Waals surface area contributed by atoms with Gasteiger partial charge in [0.25, 0.3) is 0 Å². The molecular weight excluding hydrogens is 432 g/mol. The molecule has 1 saturated heterocycles. The highest BCUT2D eigenvalue weighted by atomic mass is 19.4. The first-order chi connectivity index (χ1) is 13.9. The molecule has 1 amide bonds. The van der Waals surface area contributed by atoms with E-state index in [1.165, 1.54) is 33.1 Å². The number of hydrogen-bond acceptors (Lipinski definition) is 4. The average Bonchev–Trinajstić information content (AvgIpc) is 2.59. The maximum atomic E-state index is 13.8. The molecule has 1 aromatic carbocycles. The Hall–Kier alpha value is -2.01. The lowest BCUT2D eigenvalue weighted by Crippen LogP contribution is -2.75. The summed E-state index contributed by atoms with van der Waals surface area (Å²) < 4.78 is 98.1. The van der Waals surface area contributed by atoms with Crippen molar-refractivity contribution in [2.45, 2.75) is 59.0 Å². The second-order valence-corrected chi connectivity index (χ2v) is 9.00. The molecule has 1 heterocycles. The summed E-state index contributed by atoms with van der Waals surface area (Å²) in [6.45, 7) is 6.84. The molecule has 2 rings (SSSR count). The molecule has 1 aliphatic heterocycles. The van der Waals surface area contributed by atoms with E-state index in [1.807, 2.05) is 20.8 Å². The molecule has 11 heteroatoms. The summed E-state index contributed by atoms with van der Waals surface area (Å²) in [6, 6.07) is 4.22. The van der Waals surface area contributed by atoms with Gasteiger partial charge in [-0.2, -0.15) is 26.3 Å². The lowest BCUT2D eigenvalue weighted by molar-refractivity contribution is -0.387. The zero-order valence-corrected chi connectivity index (χ0v) is 17.9. The van der Waals surface area contributed by atoms with Crippen LogP contribution in [0.3, 0.4) is 0 Å². The van der Waals surface area contributed by atoms with Crippen molar-refractivity contribution in [2.75, 3.05) is 18.6 Å². The molecule has 31 heavy (non-hydrogen) atoms. The fraction of sp³-hybridized carbons (Fsp3) is 0.650. The van der Waals surface area contributed by atoms with E-state index in [0.717, 1.165) is 12.1 Å². The van der Waals surface area contributed by atoms with Crippen LogP contribution >= 0.6 is 0 Å². The van der Waals surface area contributed by atoms with Crippen molar-refractivity contribution in [3.8, 4) is 5.75 Å². The highest BCUT2D eigenvalue weighted by molar-refractivity contribution is 5.99. The van der Waals surface area contributed by atoms with Gasteiger partial charge in [-0.05, 0) is 38.1 Å². The summed E-state index contributed by atoms with van der Waals surface area (Å²) >= 11 is 0. The van der Waals surface area contributed by atoms with Gasteiger partial charge in [0.1, 0.15) is 5.75 Å². The van der Waals surface area contributed by atoms with Crippen molar-refractivity contribution in [3.63, 3.8) is 0 Å². The minimum atomic E-state index is -5.94. The predicted molar refractivity (Wildman–Crippen MR) is 99.4 cm³/mol. The number of nitrogens with zero attached hydrogens (tertiary/aromatic N) is 1. The van der Waals surface area contributed by atoms with E-state index in [2.05, 4.69) is 4.74 Å². The minimum Gasteiger partial charge on any atom is -0.464 e. The van der Waals surface area contributed by atoms with Gasteiger partial charge in [-0.1, -0.05) is 20.8 Å². The molecule has 1 atom stereocenters.